The van der Waals surface area contributed by atoms with E-state index in [1.807, 2.05) is 0 Å². The lowest BCUT2D eigenvalue weighted by Gasteiger charge is -2.27. The molecule has 0 fully saturated rings. The summed E-state index contributed by atoms with van der Waals surface area (Å²) in [7, 11) is 0. The van der Waals surface area contributed by atoms with Crippen LogP contribution in [-0.2, 0) is 0 Å². The number of fused-ring (bicyclic) bond motifs is 3. The molecule has 0 N–H and O–H groups in total. The summed E-state index contributed by atoms with van der Waals surface area (Å²) in [5.41, 5.74) is 16.3. The third-order valence-corrected chi connectivity index (χ3v) is 10.8. The van der Waals surface area contributed by atoms with E-state index in [4.69, 9.17) is 0 Å². The lowest BCUT2D eigenvalue weighted by molar-refractivity contribution is 1.18. The van der Waals surface area contributed by atoms with Gasteiger partial charge in [0, 0.05) is 33.4 Å². The Morgan fingerprint density at radius 3 is 1.27 bits per heavy atom. The average Bonchev–Trinajstić information content (AvgIpc) is 3.62. The van der Waals surface area contributed by atoms with Crippen LogP contribution in [0.4, 0.5) is 17.1 Å². The van der Waals surface area contributed by atoms with Crippen LogP contribution in [0.25, 0.3) is 72.0 Å². The van der Waals surface area contributed by atoms with E-state index in [1.165, 1.54) is 60.8 Å². The van der Waals surface area contributed by atoms with E-state index < -0.39 is 0 Å². The number of hydrogen-bond donors (Lipinski definition) is 0. The lowest BCUT2D eigenvalue weighted by Crippen LogP contribution is -2.10. The van der Waals surface area contributed by atoms with Gasteiger partial charge < -0.3 is 9.47 Å². The van der Waals surface area contributed by atoms with Gasteiger partial charge in [0.25, 0.3) is 0 Å². The van der Waals surface area contributed by atoms with Crippen molar-refractivity contribution < 1.29 is 0 Å². The highest BCUT2D eigenvalue weighted by Crippen LogP contribution is 2.43. The molecule has 9 aromatic carbocycles. The molecule has 10 rings (SSSR count). The molecule has 0 saturated heterocycles. The number of para-hydroxylation sites is 2. The standard InChI is InChI=1S/C54H38N2/c1-4-17-39(18-5-1)43-23-14-25-46(37-43)55(47-26-15-24-44(38-47)40-19-6-2-7-20-40)45-35-33-41(34-36-45)48-29-16-32-53(54(48)42-21-8-3-9-22-42)56-51-30-12-10-27-49(51)50-28-11-13-31-52(50)56/h1-38H. The molecule has 10 aromatic rings. The molecule has 56 heavy (non-hydrogen) atoms. The molecule has 2 nitrogen and oxygen atoms in total. The maximum absolute atomic E-state index is 2.44. The summed E-state index contributed by atoms with van der Waals surface area (Å²) >= 11 is 0. The van der Waals surface area contributed by atoms with Crippen molar-refractivity contribution in [3.8, 4) is 50.2 Å². The van der Waals surface area contributed by atoms with Crippen molar-refractivity contribution in [3.63, 3.8) is 0 Å². The number of rotatable bonds is 8. The molecule has 0 amide bonds. The van der Waals surface area contributed by atoms with E-state index >= 15 is 0 Å². The molecule has 0 aliphatic heterocycles. The van der Waals surface area contributed by atoms with Gasteiger partial charge >= 0.3 is 0 Å². The second kappa shape index (κ2) is 14.4. The first-order valence-corrected chi connectivity index (χ1v) is 19.2. The van der Waals surface area contributed by atoms with Crippen LogP contribution >= 0.6 is 0 Å². The zero-order chi connectivity index (χ0) is 37.3. The zero-order valence-corrected chi connectivity index (χ0v) is 30.8. The molecule has 1 aromatic heterocycles. The summed E-state index contributed by atoms with van der Waals surface area (Å²) in [5.74, 6) is 0. The molecular formula is C54H38N2. The molecule has 0 radical (unpaired) electrons. The highest BCUT2D eigenvalue weighted by molar-refractivity contribution is 6.10. The smallest absolute Gasteiger partial charge is 0.0546 e. The molecule has 0 spiro atoms. The zero-order valence-electron chi connectivity index (χ0n) is 30.8. The molecule has 0 atom stereocenters. The van der Waals surface area contributed by atoms with Crippen molar-refractivity contribution in [2.45, 2.75) is 0 Å². The summed E-state index contributed by atoms with van der Waals surface area (Å²) in [6.07, 6.45) is 0. The monoisotopic (exact) mass is 714 g/mol. The summed E-state index contributed by atoms with van der Waals surface area (Å²) in [6, 6.07) is 83.0. The predicted octanol–water partition coefficient (Wildman–Crippen LogP) is 14.9. The summed E-state index contributed by atoms with van der Waals surface area (Å²) in [6.45, 7) is 0. The second-order valence-corrected chi connectivity index (χ2v) is 14.2. The van der Waals surface area contributed by atoms with Gasteiger partial charge in [-0.2, -0.15) is 0 Å². The Hall–Kier alpha value is -7.42. The third-order valence-electron chi connectivity index (χ3n) is 10.8. The van der Waals surface area contributed by atoms with Crippen molar-refractivity contribution >= 4 is 38.9 Å². The highest BCUT2D eigenvalue weighted by atomic mass is 15.1. The molecule has 2 heteroatoms. The topological polar surface area (TPSA) is 8.17 Å². The quantitative estimate of drug-likeness (QED) is 0.152. The Balaban J connectivity index is 1.13. The minimum absolute atomic E-state index is 1.09. The number of nitrogens with zero attached hydrogens (tertiary/aromatic N) is 2. The predicted molar refractivity (Wildman–Crippen MR) is 237 cm³/mol. The fraction of sp³-hybridized carbons (Fsp3) is 0. The summed E-state index contributed by atoms with van der Waals surface area (Å²) in [4.78, 5) is 2.37. The summed E-state index contributed by atoms with van der Waals surface area (Å²) < 4.78 is 2.44. The van der Waals surface area contributed by atoms with E-state index in [-0.39, 0.29) is 0 Å². The van der Waals surface area contributed by atoms with Crippen molar-refractivity contribution in [1.82, 2.24) is 4.57 Å². The van der Waals surface area contributed by atoms with Crippen LogP contribution < -0.4 is 4.90 Å². The molecule has 0 aliphatic carbocycles. The Morgan fingerprint density at radius 1 is 0.286 bits per heavy atom. The van der Waals surface area contributed by atoms with Gasteiger partial charge in [-0.25, -0.2) is 0 Å². The average molecular weight is 715 g/mol. The van der Waals surface area contributed by atoms with E-state index in [0.717, 1.165) is 28.3 Å². The number of aromatic nitrogens is 1. The molecule has 0 aliphatic rings. The van der Waals surface area contributed by atoms with Gasteiger partial charge in [-0.15, -0.1) is 0 Å². The Kier molecular flexibility index (Phi) is 8.55. The van der Waals surface area contributed by atoms with Crippen LogP contribution in [0, 0.1) is 0 Å². The van der Waals surface area contributed by atoms with Crippen molar-refractivity contribution in [2.75, 3.05) is 4.90 Å². The van der Waals surface area contributed by atoms with E-state index in [1.54, 1.807) is 0 Å². The van der Waals surface area contributed by atoms with Gasteiger partial charge in [-0.3, -0.25) is 0 Å². The van der Waals surface area contributed by atoms with Crippen LogP contribution in [0.1, 0.15) is 0 Å². The van der Waals surface area contributed by atoms with Crippen molar-refractivity contribution in [3.05, 3.63) is 231 Å². The number of hydrogen-bond acceptors (Lipinski definition) is 1. The van der Waals surface area contributed by atoms with Crippen LogP contribution in [0.5, 0.6) is 0 Å². The molecule has 1 heterocycles. The maximum Gasteiger partial charge on any atom is 0.0546 e. The Morgan fingerprint density at radius 2 is 0.732 bits per heavy atom. The number of anilines is 3. The molecule has 264 valence electrons. The molecule has 0 saturated carbocycles. The van der Waals surface area contributed by atoms with Gasteiger partial charge in [0.1, 0.15) is 0 Å². The van der Waals surface area contributed by atoms with Crippen molar-refractivity contribution in [1.29, 1.82) is 0 Å². The maximum atomic E-state index is 2.44. The highest BCUT2D eigenvalue weighted by Gasteiger charge is 2.20. The van der Waals surface area contributed by atoms with Gasteiger partial charge in [-0.1, -0.05) is 176 Å². The minimum Gasteiger partial charge on any atom is -0.310 e. The minimum atomic E-state index is 1.09. The number of benzene rings is 9. The molecule has 0 unspecified atom stereocenters. The Labute approximate surface area is 327 Å². The molecular weight excluding hydrogens is 677 g/mol. The SMILES string of the molecule is c1ccc(-c2cccc(N(c3ccc(-c4cccc(-n5c6ccccc6c6ccccc65)c4-c4ccccc4)cc3)c3cccc(-c4ccccc4)c3)c2)cc1. The fourth-order valence-electron chi connectivity index (χ4n) is 8.20. The van der Waals surface area contributed by atoms with Crippen LogP contribution in [-0.4, -0.2) is 4.57 Å². The van der Waals surface area contributed by atoms with Gasteiger partial charge in [0.15, 0.2) is 0 Å². The second-order valence-electron chi connectivity index (χ2n) is 14.2. The largest absolute Gasteiger partial charge is 0.310 e. The first kappa shape index (κ1) is 33.2. The van der Waals surface area contributed by atoms with Gasteiger partial charge in [0.05, 0.1) is 16.7 Å². The van der Waals surface area contributed by atoms with E-state index in [2.05, 4.69) is 240 Å². The van der Waals surface area contributed by atoms with Crippen LogP contribution in [0.2, 0.25) is 0 Å². The van der Waals surface area contributed by atoms with Crippen molar-refractivity contribution in [2.24, 2.45) is 0 Å². The van der Waals surface area contributed by atoms with E-state index in [0.29, 0.717) is 0 Å². The summed E-state index contributed by atoms with van der Waals surface area (Å²) in [5, 5.41) is 2.51. The normalized spacial score (nSPS) is 11.2. The molecule has 0 bridgehead atoms. The Bertz CT molecular complexity index is 2810. The van der Waals surface area contributed by atoms with Crippen LogP contribution in [0.3, 0.4) is 0 Å². The van der Waals surface area contributed by atoms with Gasteiger partial charge in [0.2, 0.25) is 0 Å². The lowest BCUT2D eigenvalue weighted by atomic mass is 9.92. The fourth-order valence-corrected chi connectivity index (χ4v) is 8.20. The van der Waals surface area contributed by atoms with E-state index in [9.17, 15) is 0 Å². The first-order chi connectivity index (χ1) is 27.8. The van der Waals surface area contributed by atoms with Crippen LogP contribution in [0.15, 0.2) is 231 Å². The first-order valence-electron chi connectivity index (χ1n) is 19.2. The van der Waals surface area contributed by atoms with Gasteiger partial charge in [-0.05, 0) is 93.5 Å². The third kappa shape index (κ3) is 6.04.